The molecule has 2 heterocycles. The fourth-order valence-electron chi connectivity index (χ4n) is 3.24. The largest absolute Gasteiger partial charge is 0.494 e. The van der Waals surface area contributed by atoms with Gasteiger partial charge < -0.3 is 9.84 Å². The number of carboxylic acids is 1. The number of aromatic carboxylic acids is 1. The number of hydrogen-bond acceptors (Lipinski definition) is 6. The average Bonchev–Trinajstić information content (AvgIpc) is 3.12. The van der Waals surface area contributed by atoms with Gasteiger partial charge in [-0.05, 0) is 36.4 Å². The molecular weight excluding hydrogens is 444 g/mol. The van der Waals surface area contributed by atoms with Gasteiger partial charge in [0.15, 0.2) is 5.82 Å². The summed E-state index contributed by atoms with van der Waals surface area (Å²) in [5, 5.41) is 10.8. The highest BCUT2D eigenvalue weighted by Crippen LogP contribution is 2.34. The van der Waals surface area contributed by atoms with Gasteiger partial charge in [-0.15, -0.1) is 0 Å². The van der Waals surface area contributed by atoms with Crippen LogP contribution in [0.25, 0.3) is 33.5 Å². The van der Waals surface area contributed by atoms with Crippen LogP contribution in [0, 0.1) is 0 Å². The van der Waals surface area contributed by atoms with E-state index in [1.807, 2.05) is 0 Å². The Hall–Kier alpha value is -3.21. The number of hydrogen-bond donors (Lipinski definition) is 1. The van der Waals surface area contributed by atoms with Gasteiger partial charge >= 0.3 is 16.2 Å². The first-order valence-corrected chi connectivity index (χ1v) is 10.7. The summed E-state index contributed by atoms with van der Waals surface area (Å²) in [5.74, 6) is -1.07. The zero-order valence-corrected chi connectivity index (χ0v) is 18.3. The molecule has 11 heteroatoms. The van der Waals surface area contributed by atoms with E-state index in [2.05, 4.69) is 9.97 Å². The van der Waals surface area contributed by atoms with Crippen LogP contribution >= 0.6 is 11.6 Å². The number of carbonyl (C=O) groups is 1. The molecule has 0 bridgehead atoms. The van der Waals surface area contributed by atoms with Crippen molar-refractivity contribution in [2.75, 3.05) is 21.2 Å². The molecule has 0 saturated carbocycles. The highest BCUT2D eigenvalue weighted by molar-refractivity contribution is 7.87. The molecule has 0 aliphatic carbocycles. The molecule has 0 radical (unpaired) electrons. The summed E-state index contributed by atoms with van der Waals surface area (Å²) in [4.78, 5) is 21.0. The predicted octanol–water partition coefficient (Wildman–Crippen LogP) is 3.27. The number of benzene rings is 2. The zero-order chi connectivity index (χ0) is 22.5. The maximum absolute atomic E-state index is 13.2. The fraction of sp³-hybridized carbons (Fsp3) is 0.150. The number of halogens is 1. The Morgan fingerprint density at radius 2 is 1.90 bits per heavy atom. The Morgan fingerprint density at radius 3 is 2.55 bits per heavy atom. The van der Waals surface area contributed by atoms with E-state index < -0.39 is 16.2 Å². The van der Waals surface area contributed by atoms with Gasteiger partial charge in [-0.3, -0.25) is 0 Å². The van der Waals surface area contributed by atoms with Crippen molar-refractivity contribution >= 4 is 49.7 Å². The Bertz CT molecular complexity index is 1460. The lowest BCUT2D eigenvalue weighted by molar-refractivity contribution is 0.0697. The van der Waals surface area contributed by atoms with Crippen molar-refractivity contribution in [1.29, 1.82) is 0 Å². The van der Waals surface area contributed by atoms with Gasteiger partial charge in [0.05, 0.1) is 23.7 Å². The van der Waals surface area contributed by atoms with E-state index in [0.717, 1.165) is 8.28 Å². The topological polar surface area (TPSA) is 115 Å². The third-order valence-corrected chi connectivity index (χ3v) is 6.73. The van der Waals surface area contributed by atoms with Gasteiger partial charge in [-0.1, -0.05) is 17.7 Å². The van der Waals surface area contributed by atoms with E-state index in [4.69, 9.17) is 16.3 Å². The van der Waals surface area contributed by atoms with E-state index >= 15 is 0 Å². The molecule has 0 atom stereocenters. The Labute approximate surface area is 182 Å². The molecule has 0 amide bonds. The van der Waals surface area contributed by atoms with Gasteiger partial charge in [-0.2, -0.15) is 12.7 Å². The van der Waals surface area contributed by atoms with Gasteiger partial charge in [0, 0.05) is 24.5 Å². The number of rotatable bonds is 5. The molecule has 160 valence electrons. The molecule has 2 aromatic heterocycles. The monoisotopic (exact) mass is 460 g/mol. The molecule has 0 aliphatic heterocycles. The first-order valence-electron chi connectivity index (χ1n) is 8.97. The van der Waals surface area contributed by atoms with Crippen LogP contribution in [-0.2, 0) is 10.2 Å². The first kappa shape index (κ1) is 21.0. The highest BCUT2D eigenvalue weighted by Gasteiger charge is 2.30. The standard InChI is InChI=1S/C20H17ClN4O5S/c1-24(2)31(28,29)25-15-5-4-6-16(30-3)18(15)23-19(25)17-13(20(26)27)10-11-9-12(21)7-8-14(11)22-17/h4-10H,1-3H3,(H,26,27). The number of aromatic nitrogens is 3. The predicted molar refractivity (Wildman–Crippen MR) is 117 cm³/mol. The van der Waals surface area contributed by atoms with Crippen LogP contribution < -0.4 is 4.74 Å². The third kappa shape index (κ3) is 3.38. The molecule has 4 rings (SSSR count). The second-order valence-corrected chi connectivity index (χ2v) is 9.27. The van der Waals surface area contributed by atoms with Crippen molar-refractivity contribution in [2.24, 2.45) is 0 Å². The molecule has 1 N–H and O–H groups in total. The van der Waals surface area contributed by atoms with Crippen molar-refractivity contribution in [1.82, 2.24) is 18.2 Å². The molecule has 0 fully saturated rings. The van der Waals surface area contributed by atoms with Crippen molar-refractivity contribution in [2.45, 2.75) is 0 Å². The van der Waals surface area contributed by atoms with Crippen molar-refractivity contribution in [3.05, 3.63) is 53.1 Å². The van der Waals surface area contributed by atoms with E-state index in [0.29, 0.717) is 21.7 Å². The number of carboxylic acid groups (broad SMARTS) is 1. The lowest BCUT2D eigenvalue weighted by Gasteiger charge is -2.16. The summed E-state index contributed by atoms with van der Waals surface area (Å²) >= 11 is 6.02. The normalized spacial score (nSPS) is 12.0. The Balaban J connectivity index is 2.18. The van der Waals surface area contributed by atoms with Crippen LogP contribution in [-0.4, -0.2) is 58.9 Å². The number of nitrogens with zero attached hydrogens (tertiary/aromatic N) is 4. The molecule has 0 unspecified atom stereocenters. The number of ether oxygens (including phenoxy) is 1. The molecular formula is C20H17ClN4O5S. The number of fused-ring (bicyclic) bond motifs is 2. The maximum atomic E-state index is 13.2. The Morgan fingerprint density at radius 1 is 1.16 bits per heavy atom. The van der Waals surface area contributed by atoms with Crippen LogP contribution in [0.5, 0.6) is 5.75 Å². The van der Waals surface area contributed by atoms with Crippen LogP contribution in [0.1, 0.15) is 10.4 Å². The van der Waals surface area contributed by atoms with E-state index in [1.165, 1.54) is 27.3 Å². The van der Waals surface area contributed by atoms with E-state index in [-0.39, 0.29) is 28.1 Å². The molecule has 4 aromatic rings. The number of pyridine rings is 1. The number of methoxy groups -OCH3 is 1. The highest BCUT2D eigenvalue weighted by atomic mass is 35.5. The van der Waals surface area contributed by atoms with Crippen molar-refractivity contribution in [3.8, 4) is 17.3 Å². The average molecular weight is 461 g/mol. The van der Waals surface area contributed by atoms with Gasteiger partial charge in [0.2, 0.25) is 0 Å². The molecule has 2 aromatic carbocycles. The van der Waals surface area contributed by atoms with Crippen LogP contribution in [0.2, 0.25) is 5.02 Å². The summed E-state index contributed by atoms with van der Waals surface area (Å²) < 4.78 is 33.7. The molecule has 9 nitrogen and oxygen atoms in total. The number of para-hydroxylation sites is 1. The summed E-state index contributed by atoms with van der Waals surface area (Å²) in [5.41, 5.74) is 0.639. The van der Waals surface area contributed by atoms with E-state index in [1.54, 1.807) is 36.4 Å². The zero-order valence-electron chi connectivity index (χ0n) is 16.7. The third-order valence-electron chi connectivity index (χ3n) is 4.74. The summed E-state index contributed by atoms with van der Waals surface area (Å²) in [6.07, 6.45) is 0. The number of imidazole rings is 1. The van der Waals surface area contributed by atoms with Crippen LogP contribution in [0.3, 0.4) is 0 Å². The smallest absolute Gasteiger partial charge is 0.338 e. The maximum Gasteiger partial charge on any atom is 0.338 e. The quantitative estimate of drug-likeness (QED) is 0.486. The van der Waals surface area contributed by atoms with Crippen molar-refractivity contribution < 1.29 is 23.1 Å². The molecule has 0 saturated heterocycles. The van der Waals surface area contributed by atoms with Crippen molar-refractivity contribution in [3.63, 3.8) is 0 Å². The molecule has 0 aliphatic rings. The summed E-state index contributed by atoms with van der Waals surface area (Å²) in [7, 11) is 0.0987. The minimum Gasteiger partial charge on any atom is -0.494 e. The summed E-state index contributed by atoms with van der Waals surface area (Å²) in [6.45, 7) is 0. The minimum absolute atomic E-state index is 0.0917. The molecule has 0 spiro atoms. The molecule has 31 heavy (non-hydrogen) atoms. The minimum atomic E-state index is -4.09. The summed E-state index contributed by atoms with van der Waals surface area (Å²) in [6, 6.07) is 11.1. The van der Waals surface area contributed by atoms with Gasteiger partial charge in [-0.25, -0.2) is 18.7 Å². The SMILES string of the molecule is COc1cccc2c1nc(-c1nc3ccc(Cl)cc3cc1C(=O)O)n2S(=O)(=O)N(C)C. The fourth-order valence-corrected chi connectivity index (χ4v) is 4.49. The lowest BCUT2D eigenvalue weighted by Crippen LogP contribution is -2.29. The van der Waals surface area contributed by atoms with Crippen LogP contribution in [0.4, 0.5) is 0 Å². The van der Waals surface area contributed by atoms with Gasteiger partial charge in [0.1, 0.15) is 17.0 Å². The second-order valence-electron chi connectivity index (χ2n) is 6.84. The lowest BCUT2D eigenvalue weighted by atomic mass is 10.1. The Kier molecular flexibility index (Phi) is 5.08. The first-order chi connectivity index (χ1) is 14.6. The van der Waals surface area contributed by atoms with Gasteiger partial charge in [0.25, 0.3) is 0 Å². The second kappa shape index (κ2) is 7.49. The van der Waals surface area contributed by atoms with E-state index in [9.17, 15) is 18.3 Å². The van der Waals surface area contributed by atoms with Crippen LogP contribution in [0.15, 0.2) is 42.5 Å².